The van der Waals surface area contributed by atoms with E-state index in [1.165, 1.54) is 0 Å². The molecule has 0 saturated carbocycles. The van der Waals surface area contributed by atoms with E-state index in [-0.39, 0.29) is 12.5 Å². The van der Waals surface area contributed by atoms with Crippen LogP contribution in [0.5, 0.6) is 5.75 Å². The summed E-state index contributed by atoms with van der Waals surface area (Å²) in [5.74, 6) is 0.388. The summed E-state index contributed by atoms with van der Waals surface area (Å²) in [4.78, 5) is 11.8. The average molecular weight is 286 g/mol. The van der Waals surface area contributed by atoms with Crippen LogP contribution in [0, 0.1) is 0 Å². The van der Waals surface area contributed by atoms with Crippen molar-refractivity contribution >= 4 is 17.3 Å². The second-order valence-corrected chi connectivity index (χ2v) is 4.48. The number of rotatable bonds is 6. The Hall–Kier alpha value is -2.53. The van der Waals surface area contributed by atoms with Gasteiger partial charge < -0.3 is 20.5 Å². The van der Waals surface area contributed by atoms with Crippen molar-refractivity contribution in [3.63, 3.8) is 0 Å². The molecule has 0 aliphatic rings. The SMILES string of the molecule is COc1ccccc1NC(=O)COCc1ccc(N)cc1. The molecule has 0 heterocycles. The third kappa shape index (κ3) is 4.50. The van der Waals surface area contributed by atoms with Crippen LogP contribution >= 0.6 is 0 Å². The number of nitrogen functional groups attached to an aromatic ring is 1. The number of hydrogen-bond donors (Lipinski definition) is 2. The molecule has 5 nitrogen and oxygen atoms in total. The maximum absolute atomic E-state index is 11.8. The number of methoxy groups -OCH3 is 1. The zero-order chi connectivity index (χ0) is 15.1. The topological polar surface area (TPSA) is 73.6 Å². The minimum atomic E-state index is -0.227. The van der Waals surface area contributed by atoms with Crippen LogP contribution in [-0.2, 0) is 16.1 Å². The molecule has 0 spiro atoms. The molecule has 1 amide bonds. The zero-order valence-corrected chi connectivity index (χ0v) is 11.8. The molecule has 0 bridgehead atoms. The lowest BCUT2D eigenvalue weighted by molar-refractivity contribution is -0.121. The molecule has 2 aromatic rings. The summed E-state index contributed by atoms with van der Waals surface area (Å²) in [6.07, 6.45) is 0. The Morgan fingerprint density at radius 2 is 1.86 bits per heavy atom. The van der Waals surface area contributed by atoms with Gasteiger partial charge in [0.2, 0.25) is 5.91 Å². The van der Waals surface area contributed by atoms with Crippen LogP contribution in [0.2, 0.25) is 0 Å². The van der Waals surface area contributed by atoms with E-state index in [0.717, 1.165) is 5.56 Å². The Labute approximate surface area is 123 Å². The average Bonchev–Trinajstić information content (AvgIpc) is 2.50. The van der Waals surface area contributed by atoms with E-state index >= 15 is 0 Å². The van der Waals surface area contributed by atoms with Gasteiger partial charge in [0, 0.05) is 5.69 Å². The quantitative estimate of drug-likeness (QED) is 0.800. The van der Waals surface area contributed by atoms with Crippen LogP contribution in [0.15, 0.2) is 48.5 Å². The third-order valence-corrected chi connectivity index (χ3v) is 2.86. The van der Waals surface area contributed by atoms with Crippen LogP contribution < -0.4 is 15.8 Å². The van der Waals surface area contributed by atoms with Crippen molar-refractivity contribution in [2.75, 3.05) is 24.8 Å². The molecular weight excluding hydrogens is 268 g/mol. The van der Waals surface area contributed by atoms with Gasteiger partial charge in [0.25, 0.3) is 0 Å². The summed E-state index contributed by atoms with van der Waals surface area (Å²) in [5, 5.41) is 2.75. The highest BCUT2D eigenvalue weighted by atomic mass is 16.5. The van der Waals surface area contributed by atoms with E-state index in [0.29, 0.717) is 23.7 Å². The minimum absolute atomic E-state index is 0.0254. The fourth-order valence-electron chi connectivity index (χ4n) is 1.81. The van der Waals surface area contributed by atoms with Crippen molar-refractivity contribution in [3.05, 3.63) is 54.1 Å². The molecule has 0 radical (unpaired) electrons. The molecule has 0 aliphatic heterocycles. The number of nitrogens with one attached hydrogen (secondary N) is 1. The van der Waals surface area contributed by atoms with Gasteiger partial charge in [-0.1, -0.05) is 24.3 Å². The number of anilines is 2. The normalized spacial score (nSPS) is 10.1. The van der Waals surface area contributed by atoms with E-state index in [1.807, 2.05) is 24.3 Å². The van der Waals surface area contributed by atoms with Gasteiger partial charge in [0.15, 0.2) is 0 Å². The van der Waals surface area contributed by atoms with Crippen molar-refractivity contribution in [1.29, 1.82) is 0 Å². The van der Waals surface area contributed by atoms with Gasteiger partial charge in [0.05, 0.1) is 19.4 Å². The first-order chi connectivity index (χ1) is 10.2. The Kier molecular flexibility index (Phi) is 5.17. The predicted molar refractivity (Wildman–Crippen MR) is 82.1 cm³/mol. The molecule has 0 atom stereocenters. The first-order valence-corrected chi connectivity index (χ1v) is 6.54. The first-order valence-electron chi connectivity index (χ1n) is 6.54. The molecule has 3 N–H and O–H groups in total. The van der Waals surface area contributed by atoms with Crippen LogP contribution in [0.1, 0.15) is 5.56 Å². The molecule has 5 heteroatoms. The molecule has 0 saturated heterocycles. The number of para-hydroxylation sites is 2. The number of ether oxygens (including phenoxy) is 2. The first kappa shape index (κ1) is 14.9. The standard InChI is InChI=1S/C16H18N2O3/c1-20-15-5-3-2-4-14(15)18-16(19)11-21-10-12-6-8-13(17)9-7-12/h2-9H,10-11,17H2,1H3,(H,18,19). The lowest BCUT2D eigenvalue weighted by Gasteiger charge is -2.10. The van der Waals surface area contributed by atoms with Gasteiger partial charge in [-0.3, -0.25) is 4.79 Å². The van der Waals surface area contributed by atoms with Gasteiger partial charge >= 0.3 is 0 Å². The molecule has 2 rings (SSSR count). The lowest BCUT2D eigenvalue weighted by atomic mass is 10.2. The van der Waals surface area contributed by atoms with Crippen molar-refractivity contribution in [2.24, 2.45) is 0 Å². The van der Waals surface area contributed by atoms with Crippen molar-refractivity contribution in [2.45, 2.75) is 6.61 Å². The minimum Gasteiger partial charge on any atom is -0.495 e. The summed E-state index contributed by atoms with van der Waals surface area (Å²) in [6, 6.07) is 14.6. The summed E-state index contributed by atoms with van der Waals surface area (Å²) < 4.78 is 10.5. The number of carbonyl (C=O) groups is 1. The molecule has 0 fully saturated rings. The van der Waals surface area contributed by atoms with E-state index in [2.05, 4.69) is 5.32 Å². The Morgan fingerprint density at radius 3 is 2.57 bits per heavy atom. The van der Waals surface area contributed by atoms with Gasteiger partial charge in [-0.15, -0.1) is 0 Å². The monoisotopic (exact) mass is 286 g/mol. The number of nitrogens with two attached hydrogens (primary N) is 1. The lowest BCUT2D eigenvalue weighted by Crippen LogP contribution is -2.18. The predicted octanol–water partition coefficient (Wildman–Crippen LogP) is 2.43. The number of benzene rings is 2. The maximum Gasteiger partial charge on any atom is 0.250 e. The van der Waals surface area contributed by atoms with Crippen LogP contribution in [0.3, 0.4) is 0 Å². The van der Waals surface area contributed by atoms with Gasteiger partial charge in [0.1, 0.15) is 12.4 Å². The second kappa shape index (κ2) is 7.31. The molecule has 0 aliphatic carbocycles. The third-order valence-electron chi connectivity index (χ3n) is 2.86. The number of amides is 1. The highest BCUT2D eigenvalue weighted by Gasteiger charge is 2.06. The summed E-state index contributed by atoms with van der Waals surface area (Å²) in [7, 11) is 1.56. The highest BCUT2D eigenvalue weighted by molar-refractivity contribution is 5.93. The highest BCUT2D eigenvalue weighted by Crippen LogP contribution is 2.22. The number of hydrogen-bond acceptors (Lipinski definition) is 4. The van der Waals surface area contributed by atoms with Gasteiger partial charge in [-0.2, -0.15) is 0 Å². The van der Waals surface area contributed by atoms with E-state index in [4.69, 9.17) is 15.2 Å². The fourth-order valence-corrected chi connectivity index (χ4v) is 1.81. The Bertz CT molecular complexity index is 597. The Balaban J connectivity index is 1.81. The molecule has 0 unspecified atom stereocenters. The smallest absolute Gasteiger partial charge is 0.250 e. The van der Waals surface area contributed by atoms with Crippen molar-refractivity contribution in [1.82, 2.24) is 0 Å². The van der Waals surface area contributed by atoms with E-state index in [9.17, 15) is 4.79 Å². The van der Waals surface area contributed by atoms with E-state index in [1.54, 1.807) is 31.4 Å². The van der Waals surface area contributed by atoms with Gasteiger partial charge in [-0.25, -0.2) is 0 Å². The summed E-state index contributed by atoms with van der Waals surface area (Å²) >= 11 is 0. The molecule has 0 aromatic heterocycles. The molecule has 21 heavy (non-hydrogen) atoms. The largest absolute Gasteiger partial charge is 0.495 e. The van der Waals surface area contributed by atoms with Crippen LogP contribution in [-0.4, -0.2) is 19.6 Å². The molecule has 2 aromatic carbocycles. The van der Waals surface area contributed by atoms with Crippen LogP contribution in [0.25, 0.3) is 0 Å². The molecular formula is C16H18N2O3. The summed E-state index contributed by atoms with van der Waals surface area (Å²) in [5.41, 5.74) is 7.89. The summed E-state index contributed by atoms with van der Waals surface area (Å²) in [6.45, 7) is 0.335. The van der Waals surface area contributed by atoms with Gasteiger partial charge in [-0.05, 0) is 29.8 Å². The second-order valence-electron chi connectivity index (χ2n) is 4.48. The zero-order valence-electron chi connectivity index (χ0n) is 11.8. The van der Waals surface area contributed by atoms with Crippen molar-refractivity contribution < 1.29 is 14.3 Å². The fraction of sp³-hybridized carbons (Fsp3) is 0.188. The van der Waals surface area contributed by atoms with Crippen molar-refractivity contribution in [3.8, 4) is 5.75 Å². The number of carbonyl (C=O) groups excluding carboxylic acids is 1. The Morgan fingerprint density at radius 1 is 1.14 bits per heavy atom. The molecule has 110 valence electrons. The maximum atomic E-state index is 11.8. The van der Waals surface area contributed by atoms with Crippen LogP contribution in [0.4, 0.5) is 11.4 Å². The van der Waals surface area contributed by atoms with E-state index < -0.39 is 0 Å².